The third-order valence-corrected chi connectivity index (χ3v) is 5.42. The summed E-state index contributed by atoms with van der Waals surface area (Å²) in [7, 11) is 0. The molecule has 1 saturated heterocycles. The monoisotopic (exact) mass is 378 g/mol. The zero-order valence-corrected chi connectivity index (χ0v) is 14.3. The number of hydrogen-bond donors (Lipinski definition) is 0. The van der Waals surface area contributed by atoms with Gasteiger partial charge in [0.25, 0.3) is 5.69 Å². The maximum absolute atomic E-state index is 12.9. The second-order valence-electron chi connectivity index (χ2n) is 6.89. The number of nitro benzene ring substituents is 1. The molecule has 2 aromatic carbocycles. The largest absolute Gasteiger partial charge is 0.416 e. The number of rotatable bonds is 2. The average molecular weight is 378 g/mol. The molecule has 2 aliphatic rings. The smallest absolute Gasteiger partial charge is 0.366 e. The summed E-state index contributed by atoms with van der Waals surface area (Å²) in [5.74, 6) is 0. The van der Waals surface area contributed by atoms with Crippen LogP contribution in [-0.4, -0.2) is 18.0 Å². The highest BCUT2D eigenvalue weighted by atomic mass is 19.4. The van der Waals surface area contributed by atoms with Gasteiger partial charge in [-0.3, -0.25) is 10.1 Å². The highest BCUT2D eigenvalue weighted by molar-refractivity contribution is 5.65. The van der Waals surface area contributed by atoms with Crippen molar-refractivity contribution in [2.45, 2.75) is 31.2 Å². The third kappa shape index (κ3) is 3.03. The molecular formula is C19H17F3N2O3. The number of piperidine rings is 1. The number of anilines is 1. The van der Waals surface area contributed by atoms with Gasteiger partial charge in [0.2, 0.25) is 0 Å². The van der Waals surface area contributed by atoms with E-state index in [9.17, 15) is 23.3 Å². The number of ether oxygens (including phenoxy) is 1. The summed E-state index contributed by atoms with van der Waals surface area (Å²) in [6.45, 7) is 1.48. The summed E-state index contributed by atoms with van der Waals surface area (Å²) in [4.78, 5) is 12.4. The van der Waals surface area contributed by atoms with E-state index in [1.54, 1.807) is 4.90 Å². The van der Waals surface area contributed by atoms with Crippen molar-refractivity contribution >= 4 is 11.4 Å². The number of nitrogens with zero attached hydrogens (tertiary/aromatic N) is 2. The molecule has 0 amide bonds. The van der Waals surface area contributed by atoms with Crippen LogP contribution in [0.1, 0.15) is 29.5 Å². The molecule has 0 unspecified atom stereocenters. The van der Waals surface area contributed by atoms with Crippen molar-refractivity contribution in [3.63, 3.8) is 0 Å². The topological polar surface area (TPSA) is 55.6 Å². The van der Waals surface area contributed by atoms with Crippen molar-refractivity contribution in [1.29, 1.82) is 0 Å². The van der Waals surface area contributed by atoms with Gasteiger partial charge < -0.3 is 9.64 Å². The van der Waals surface area contributed by atoms with E-state index in [0.717, 1.165) is 17.2 Å². The van der Waals surface area contributed by atoms with Gasteiger partial charge in [-0.1, -0.05) is 24.3 Å². The molecule has 0 radical (unpaired) electrons. The Morgan fingerprint density at radius 2 is 1.81 bits per heavy atom. The standard InChI is InChI=1S/C19H17F3N2O3/c20-19(21,22)14-5-6-16(17(11-14)24(25)26)23-9-7-18(8-10-23)15-4-2-1-3-13(15)12-27-18/h1-6,11H,7-10,12H2. The zero-order valence-electron chi connectivity index (χ0n) is 14.3. The Morgan fingerprint density at radius 3 is 2.48 bits per heavy atom. The van der Waals surface area contributed by atoms with E-state index in [-0.39, 0.29) is 5.69 Å². The van der Waals surface area contributed by atoms with Crippen LogP contribution < -0.4 is 4.90 Å². The van der Waals surface area contributed by atoms with E-state index in [2.05, 4.69) is 0 Å². The van der Waals surface area contributed by atoms with Crippen molar-refractivity contribution in [2.75, 3.05) is 18.0 Å². The van der Waals surface area contributed by atoms with Crippen LogP contribution in [0.5, 0.6) is 0 Å². The normalized spacial score (nSPS) is 18.6. The average Bonchev–Trinajstić information content (AvgIpc) is 3.00. The number of fused-ring (bicyclic) bond motifs is 2. The van der Waals surface area contributed by atoms with Gasteiger partial charge in [0, 0.05) is 19.2 Å². The first-order chi connectivity index (χ1) is 12.8. The second kappa shape index (κ2) is 6.23. The first kappa shape index (κ1) is 17.8. The molecule has 4 rings (SSSR count). The van der Waals surface area contributed by atoms with Crippen LogP contribution in [-0.2, 0) is 23.1 Å². The maximum atomic E-state index is 12.9. The molecule has 0 bridgehead atoms. The van der Waals surface area contributed by atoms with Gasteiger partial charge in [0.05, 0.1) is 22.7 Å². The Labute approximate surface area is 153 Å². The molecule has 2 aromatic rings. The predicted molar refractivity (Wildman–Crippen MR) is 92.5 cm³/mol. The van der Waals surface area contributed by atoms with Gasteiger partial charge in [-0.25, -0.2) is 0 Å². The summed E-state index contributed by atoms with van der Waals surface area (Å²) >= 11 is 0. The molecular weight excluding hydrogens is 361 g/mol. The minimum Gasteiger partial charge on any atom is -0.366 e. The fourth-order valence-electron chi connectivity index (χ4n) is 4.02. The molecule has 0 saturated carbocycles. The lowest BCUT2D eigenvalue weighted by Gasteiger charge is -2.40. The first-order valence-electron chi connectivity index (χ1n) is 8.63. The Morgan fingerprint density at radius 1 is 1.11 bits per heavy atom. The fraction of sp³-hybridized carbons (Fsp3) is 0.368. The van der Waals surface area contributed by atoms with Crippen molar-refractivity contribution < 1.29 is 22.8 Å². The Hall–Kier alpha value is -2.61. The fourth-order valence-corrected chi connectivity index (χ4v) is 4.02. The lowest BCUT2D eigenvalue weighted by Crippen LogP contribution is -2.42. The van der Waals surface area contributed by atoms with E-state index in [1.165, 1.54) is 6.07 Å². The van der Waals surface area contributed by atoms with Gasteiger partial charge in [0.1, 0.15) is 5.69 Å². The quantitative estimate of drug-likeness (QED) is 0.564. The predicted octanol–water partition coefficient (Wildman–Crippen LogP) is 4.64. The van der Waals surface area contributed by atoms with Gasteiger partial charge in [0.15, 0.2) is 0 Å². The van der Waals surface area contributed by atoms with E-state index in [1.807, 2.05) is 24.3 Å². The van der Waals surface area contributed by atoms with Crippen molar-refractivity contribution in [1.82, 2.24) is 0 Å². The minimum absolute atomic E-state index is 0.217. The summed E-state index contributed by atoms with van der Waals surface area (Å²) < 4.78 is 44.7. The van der Waals surface area contributed by atoms with Crippen LogP contribution in [0.15, 0.2) is 42.5 Å². The van der Waals surface area contributed by atoms with Crippen LogP contribution in [0.3, 0.4) is 0 Å². The van der Waals surface area contributed by atoms with Crippen molar-refractivity contribution in [3.05, 3.63) is 69.3 Å². The van der Waals surface area contributed by atoms with E-state index in [4.69, 9.17) is 4.74 Å². The van der Waals surface area contributed by atoms with Gasteiger partial charge >= 0.3 is 6.18 Å². The summed E-state index contributed by atoms with van der Waals surface area (Å²) in [6, 6.07) is 10.7. The number of hydrogen-bond acceptors (Lipinski definition) is 4. The van der Waals surface area contributed by atoms with Crippen LogP contribution in [0.4, 0.5) is 24.5 Å². The molecule has 0 aliphatic carbocycles. The van der Waals surface area contributed by atoms with Crippen molar-refractivity contribution in [3.8, 4) is 0 Å². The van der Waals surface area contributed by atoms with Gasteiger partial charge in [-0.05, 0) is 36.1 Å². The van der Waals surface area contributed by atoms with E-state index >= 15 is 0 Å². The SMILES string of the molecule is O=[N+]([O-])c1cc(C(F)(F)F)ccc1N1CCC2(CC1)OCc1ccccc12. The molecule has 0 N–H and O–H groups in total. The molecule has 27 heavy (non-hydrogen) atoms. The Kier molecular flexibility index (Phi) is 4.10. The van der Waals surface area contributed by atoms with Crippen LogP contribution in [0.2, 0.25) is 0 Å². The van der Waals surface area contributed by atoms with Crippen LogP contribution >= 0.6 is 0 Å². The number of alkyl halides is 3. The molecule has 0 atom stereocenters. The second-order valence-corrected chi connectivity index (χ2v) is 6.89. The van der Waals surface area contributed by atoms with E-state index in [0.29, 0.717) is 38.6 Å². The Balaban J connectivity index is 1.60. The number of benzene rings is 2. The van der Waals surface area contributed by atoms with Crippen LogP contribution in [0.25, 0.3) is 0 Å². The van der Waals surface area contributed by atoms with Crippen molar-refractivity contribution in [2.24, 2.45) is 0 Å². The minimum atomic E-state index is -4.61. The molecule has 2 heterocycles. The van der Waals surface area contributed by atoms with E-state index < -0.39 is 28.0 Å². The number of halogens is 3. The van der Waals surface area contributed by atoms with Gasteiger partial charge in [-0.15, -0.1) is 0 Å². The molecule has 142 valence electrons. The summed E-state index contributed by atoms with van der Waals surface area (Å²) in [5.41, 5.74) is 0.563. The highest BCUT2D eigenvalue weighted by Crippen LogP contribution is 2.46. The molecule has 1 fully saturated rings. The molecule has 8 heteroatoms. The van der Waals surface area contributed by atoms with Crippen LogP contribution in [0, 0.1) is 10.1 Å². The molecule has 0 aromatic heterocycles. The molecule has 5 nitrogen and oxygen atoms in total. The highest BCUT2D eigenvalue weighted by Gasteiger charge is 2.43. The summed E-state index contributed by atoms with van der Waals surface area (Å²) in [5, 5.41) is 11.3. The number of nitro groups is 1. The summed E-state index contributed by atoms with van der Waals surface area (Å²) in [6.07, 6.45) is -3.36. The molecule has 2 aliphatic heterocycles. The Bertz CT molecular complexity index is 890. The van der Waals surface area contributed by atoms with Gasteiger partial charge in [-0.2, -0.15) is 13.2 Å². The molecule has 1 spiro atoms. The lowest BCUT2D eigenvalue weighted by atomic mass is 9.83. The maximum Gasteiger partial charge on any atom is 0.416 e. The lowest BCUT2D eigenvalue weighted by molar-refractivity contribution is -0.384. The third-order valence-electron chi connectivity index (χ3n) is 5.42. The first-order valence-corrected chi connectivity index (χ1v) is 8.63. The zero-order chi connectivity index (χ0) is 19.2.